The van der Waals surface area contributed by atoms with Gasteiger partial charge >= 0.3 is 0 Å². The molecule has 0 spiro atoms. The lowest BCUT2D eigenvalue weighted by Crippen LogP contribution is -2.14. The highest BCUT2D eigenvalue weighted by atomic mass is 32.1. The Morgan fingerprint density at radius 2 is 1.83 bits per heavy atom. The average Bonchev–Trinajstić information content (AvgIpc) is 2.40. The van der Waals surface area contributed by atoms with E-state index in [1.165, 1.54) is 32.1 Å². The van der Waals surface area contributed by atoms with Gasteiger partial charge in [0.25, 0.3) is 0 Å². The minimum Gasteiger partial charge on any atom is -0.326 e. The molecule has 0 aliphatic heterocycles. The lowest BCUT2D eigenvalue weighted by Gasteiger charge is -2.20. The van der Waals surface area contributed by atoms with E-state index < -0.39 is 0 Å². The lowest BCUT2D eigenvalue weighted by molar-refractivity contribution is -0.116. The quantitative estimate of drug-likeness (QED) is 0.780. The summed E-state index contributed by atoms with van der Waals surface area (Å²) in [6, 6.07) is 7.56. The highest BCUT2D eigenvalue weighted by Gasteiger charge is 2.14. The molecule has 1 saturated carbocycles. The van der Waals surface area contributed by atoms with Crippen LogP contribution in [0.4, 0.5) is 5.69 Å². The first-order chi connectivity index (χ1) is 8.74. The van der Waals surface area contributed by atoms with Crippen molar-refractivity contribution in [3.05, 3.63) is 24.3 Å². The lowest BCUT2D eigenvalue weighted by atomic mass is 9.86. The zero-order valence-corrected chi connectivity index (χ0v) is 11.6. The number of hydrogen-bond acceptors (Lipinski definition) is 2. The number of thiol groups is 1. The van der Waals surface area contributed by atoms with E-state index in [-0.39, 0.29) is 5.91 Å². The predicted molar refractivity (Wildman–Crippen MR) is 78.1 cm³/mol. The van der Waals surface area contributed by atoms with Gasteiger partial charge in [-0.3, -0.25) is 4.79 Å². The van der Waals surface area contributed by atoms with Crippen molar-refractivity contribution in [1.82, 2.24) is 0 Å². The molecule has 0 saturated heterocycles. The SMILES string of the molecule is O=C(CCC1CCCCC1)Nc1ccc(S)cc1. The van der Waals surface area contributed by atoms with Gasteiger partial charge in [-0.05, 0) is 36.6 Å². The summed E-state index contributed by atoms with van der Waals surface area (Å²) in [7, 11) is 0. The van der Waals surface area contributed by atoms with Crippen molar-refractivity contribution >= 4 is 24.2 Å². The molecular weight excluding hydrogens is 242 g/mol. The Balaban J connectivity index is 1.73. The number of benzene rings is 1. The van der Waals surface area contributed by atoms with Gasteiger partial charge in [-0.25, -0.2) is 0 Å². The van der Waals surface area contributed by atoms with Crippen LogP contribution in [0, 0.1) is 5.92 Å². The standard InChI is InChI=1S/C15H21NOS/c17-15(11-6-12-4-2-1-3-5-12)16-13-7-9-14(18)10-8-13/h7-10,12,18H,1-6,11H2,(H,16,17). The number of rotatable bonds is 4. The normalized spacial score (nSPS) is 16.5. The molecule has 0 atom stereocenters. The molecule has 0 heterocycles. The molecule has 0 bridgehead atoms. The first-order valence-electron chi connectivity index (χ1n) is 6.83. The Morgan fingerprint density at radius 3 is 2.50 bits per heavy atom. The van der Waals surface area contributed by atoms with Gasteiger partial charge in [0.1, 0.15) is 0 Å². The minimum absolute atomic E-state index is 0.132. The van der Waals surface area contributed by atoms with Crippen molar-refractivity contribution < 1.29 is 4.79 Å². The largest absolute Gasteiger partial charge is 0.326 e. The van der Waals surface area contributed by atoms with Gasteiger partial charge in [0.05, 0.1) is 0 Å². The van der Waals surface area contributed by atoms with Crippen LogP contribution in [0.5, 0.6) is 0 Å². The van der Waals surface area contributed by atoms with Crippen LogP contribution in [0.25, 0.3) is 0 Å². The second kappa shape index (κ2) is 6.83. The molecule has 2 nitrogen and oxygen atoms in total. The maximum atomic E-state index is 11.8. The van der Waals surface area contributed by atoms with Gasteiger partial charge in [0.2, 0.25) is 5.91 Å². The van der Waals surface area contributed by atoms with Crippen LogP contribution in [-0.2, 0) is 4.79 Å². The van der Waals surface area contributed by atoms with Gasteiger partial charge < -0.3 is 5.32 Å². The van der Waals surface area contributed by atoms with Gasteiger partial charge in [-0.15, -0.1) is 12.6 Å². The Morgan fingerprint density at radius 1 is 1.17 bits per heavy atom. The van der Waals surface area contributed by atoms with Gasteiger partial charge in [0, 0.05) is 17.0 Å². The maximum absolute atomic E-state index is 11.8. The third-order valence-electron chi connectivity index (χ3n) is 3.66. The molecule has 1 aromatic carbocycles. The van der Waals surface area contributed by atoms with Crippen LogP contribution in [0.1, 0.15) is 44.9 Å². The van der Waals surface area contributed by atoms with Crippen LogP contribution >= 0.6 is 12.6 Å². The Kier molecular flexibility index (Phi) is 5.12. The van der Waals surface area contributed by atoms with E-state index >= 15 is 0 Å². The van der Waals surface area contributed by atoms with E-state index in [9.17, 15) is 4.79 Å². The van der Waals surface area contributed by atoms with Crippen molar-refractivity contribution in [2.24, 2.45) is 5.92 Å². The first-order valence-corrected chi connectivity index (χ1v) is 7.27. The fourth-order valence-corrected chi connectivity index (χ4v) is 2.73. The second-order valence-corrected chi connectivity index (χ2v) is 5.65. The van der Waals surface area contributed by atoms with Crippen molar-refractivity contribution in [3.63, 3.8) is 0 Å². The Bertz CT molecular complexity index is 382. The number of nitrogens with one attached hydrogen (secondary N) is 1. The topological polar surface area (TPSA) is 29.1 Å². The monoisotopic (exact) mass is 263 g/mol. The Hall–Kier alpha value is -0.960. The number of carbonyl (C=O) groups excluding carboxylic acids is 1. The number of amides is 1. The number of carbonyl (C=O) groups is 1. The van der Waals surface area contributed by atoms with E-state index in [0.717, 1.165) is 22.9 Å². The Labute approximate surface area is 115 Å². The van der Waals surface area contributed by atoms with Gasteiger partial charge in [-0.1, -0.05) is 32.1 Å². The molecule has 1 amide bonds. The molecule has 1 fully saturated rings. The molecule has 3 heteroatoms. The maximum Gasteiger partial charge on any atom is 0.224 e. The molecule has 0 aromatic heterocycles. The van der Waals surface area contributed by atoms with E-state index in [2.05, 4.69) is 17.9 Å². The summed E-state index contributed by atoms with van der Waals surface area (Å²) in [5.41, 5.74) is 0.862. The molecule has 98 valence electrons. The van der Waals surface area contributed by atoms with Crippen LogP contribution in [0.15, 0.2) is 29.2 Å². The second-order valence-electron chi connectivity index (χ2n) is 5.14. The van der Waals surface area contributed by atoms with E-state index in [1.54, 1.807) is 0 Å². The smallest absolute Gasteiger partial charge is 0.224 e. The zero-order chi connectivity index (χ0) is 12.8. The van der Waals surface area contributed by atoms with Crippen LogP contribution < -0.4 is 5.32 Å². The van der Waals surface area contributed by atoms with Gasteiger partial charge in [0.15, 0.2) is 0 Å². The van der Waals surface area contributed by atoms with Crippen LogP contribution in [0.2, 0.25) is 0 Å². The molecule has 1 aliphatic rings. The highest BCUT2D eigenvalue weighted by Crippen LogP contribution is 2.27. The molecular formula is C15H21NOS. The predicted octanol–water partition coefficient (Wildman–Crippen LogP) is 4.27. The summed E-state index contributed by atoms with van der Waals surface area (Å²) in [4.78, 5) is 12.7. The molecule has 0 unspecified atom stereocenters. The summed E-state index contributed by atoms with van der Waals surface area (Å²) < 4.78 is 0. The summed E-state index contributed by atoms with van der Waals surface area (Å²) in [5, 5.41) is 2.94. The zero-order valence-electron chi connectivity index (χ0n) is 10.7. The molecule has 2 rings (SSSR count). The average molecular weight is 263 g/mol. The van der Waals surface area contributed by atoms with E-state index in [0.29, 0.717) is 6.42 Å². The fourth-order valence-electron chi connectivity index (χ4n) is 2.58. The summed E-state index contributed by atoms with van der Waals surface area (Å²) >= 11 is 4.22. The van der Waals surface area contributed by atoms with E-state index in [4.69, 9.17) is 0 Å². The molecule has 1 aliphatic carbocycles. The third-order valence-corrected chi connectivity index (χ3v) is 3.95. The molecule has 0 radical (unpaired) electrons. The third kappa shape index (κ3) is 4.37. The van der Waals surface area contributed by atoms with Crippen molar-refractivity contribution in [2.75, 3.05) is 5.32 Å². The summed E-state index contributed by atoms with van der Waals surface area (Å²) in [5.74, 6) is 0.900. The number of anilines is 1. The van der Waals surface area contributed by atoms with Gasteiger partial charge in [-0.2, -0.15) is 0 Å². The molecule has 1 N–H and O–H groups in total. The minimum atomic E-state index is 0.132. The van der Waals surface area contributed by atoms with Crippen LogP contribution in [0.3, 0.4) is 0 Å². The van der Waals surface area contributed by atoms with Crippen molar-refractivity contribution in [2.45, 2.75) is 49.8 Å². The first kappa shape index (κ1) is 13.5. The molecule has 1 aromatic rings. The van der Waals surface area contributed by atoms with E-state index in [1.807, 2.05) is 24.3 Å². The summed E-state index contributed by atoms with van der Waals surface area (Å²) in [6.45, 7) is 0. The fraction of sp³-hybridized carbons (Fsp3) is 0.533. The van der Waals surface area contributed by atoms with Crippen molar-refractivity contribution in [1.29, 1.82) is 0 Å². The highest BCUT2D eigenvalue weighted by molar-refractivity contribution is 7.80. The number of hydrogen-bond donors (Lipinski definition) is 2. The van der Waals surface area contributed by atoms with Crippen molar-refractivity contribution in [3.8, 4) is 0 Å². The van der Waals surface area contributed by atoms with Crippen LogP contribution in [-0.4, -0.2) is 5.91 Å². The summed E-state index contributed by atoms with van der Waals surface area (Å²) in [6.07, 6.45) is 8.36. The molecule has 18 heavy (non-hydrogen) atoms.